The fourth-order valence-electron chi connectivity index (χ4n) is 2.56. The molecule has 0 amide bonds. The Morgan fingerprint density at radius 1 is 1.47 bits per heavy atom. The molecule has 0 aromatic carbocycles. The van der Waals surface area contributed by atoms with Gasteiger partial charge < -0.3 is 10.6 Å². The van der Waals surface area contributed by atoms with Gasteiger partial charge in [0.1, 0.15) is 0 Å². The maximum atomic E-state index is 5.75. The second-order valence-electron chi connectivity index (χ2n) is 5.97. The Balaban J connectivity index is 2.15. The zero-order valence-electron chi connectivity index (χ0n) is 11.1. The van der Waals surface area contributed by atoms with Crippen molar-refractivity contribution in [3.8, 4) is 0 Å². The van der Waals surface area contributed by atoms with Gasteiger partial charge in [0.25, 0.3) is 0 Å². The summed E-state index contributed by atoms with van der Waals surface area (Å²) in [5.41, 5.74) is 8.38. The first-order valence-electron chi connectivity index (χ1n) is 6.41. The van der Waals surface area contributed by atoms with Gasteiger partial charge >= 0.3 is 0 Å². The van der Waals surface area contributed by atoms with E-state index in [-0.39, 0.29) is 0 Å². The minimum atomic E-state index is 0.389. The highest BCUT2D eigenvalue weighted by Crippen LogP contribution is 2.36. The summed E-state index contributed by atoms with van der Waals surface area (Å²) in [5.74, 6) is 0.758. The van der Waals surface area contributed by atoms with Crippen molar-refractivity contribution in [2.75, 3.05) is 18.0 Å². The minimum Gasteiger partial charge on any atom is -0.370 e. The molecule has 1 saturated heterocycles. The van der Waals surface area contributed by atoms with Crippen molar-refractivity contribution in [2.24, 2.45) is 17.1 Å². The lowest BCUT2D eigenvalue weighted by Gasteiger charge is -2.28. The van der Waals surface area contributed by atoms with E-state index < -0.39 is 0 Å². The first kappa shape index (κ1) is 12.4. The lowest BCUT2D eigenvalue weighted by molar-refractivity contribution is 0.263. The highest BCUT2D eigenvalue weighted by atomic mass is 15.2. The van der Waals surface area contributed by atoms with Crippen molar-refractivity contribution >= 4 is 5.69 Å². The van der Waals surface area contributed by atoms with E-state index >= 15 is 0 Å². The van der Waals surface area contributed by atoms with Crippen molar-refractivity contribution in [1.82, 2.24) is 4.98 Å². The Kier molecular flexibility index (Phi) is 3.38. The van der Waals surface area contributed by atoms with Crippen LogP contribution in [-0.4, -0.2) is 18.1 Å². The number of hydrogen-bond acceptors (Lipinski definition) is 3. The largest absolute Gasteiger partial charge is 0.370 e. The van der Waals surface area contributed by atoms with Gasteiger partial charge in [-0.1, -0.05) is 20.8 Å². The zero-order valence-corrected chi connectivity index (χ0v) is 11.1. The third-order valence-electron chi connectivity index (χ3n) is 3.81. The van der Waals surface area contributed by atoms with E-state index in [9.17, 15) is 0 Å². The summed E-state index contributed by atoms with van der Waals surface area (Å²) in [6, 6.07) is 4.14. The maximum Gasteiger partial charge on any atom is 0.0772 e. The Morgan fingerprint density at radius 3 is 2.82 bits per heavy atom. The van der Waals surface area contributed by atoms with Gasteiger partial charge in [-0.05, 0) is 29.9 Å². The summed E-state index contributed by atoms with van der Waals surface area (Å²) in [5, 5.41) is 0. The zero-order chi connectivity index (χ0) is 12.5. The average molecular weight is 233 g/mol. The van der Waals surface area contributed by atoms with E-state index in [4.69, 9.17) is 5.73 Å². The van der Waals surface area contributed by atoms with Gasteiger partial charge in [0.15, 0.2) is 0 Å². The van der Waals surface area contributed by atoms with E-state index in [2.05, 4.69) is 36.7 Å². The van der Waals surface area contributed by atoms with Crippen LogP contribution in [0.15, 0.2) is 18.3 Å². The molecule has 2 N–H and O–H groups in total. The molecule has 17 heavy (non-hydrogen) atoms. The van der Waals surface area contributed by atoms with Crippen LogP contribution in [0.5, 0.6) is 0 Å². The van der Waals surface area contributed by atoms with Crippen LogP contribution in [-0.2, 0) is 6.54 Å². The van der Waals surface area contributed by atoms with Crippen LogP contribution in [0.25, 0.3) is 0 Å². The standard InChI is InChI=1S/C14H23N3/c1-14(2,3)11-6-8-17(10-11)13-5-4-7-16-12(13)9-15/h4-5,7,11H,6,8-10,15H2,1-3H3. The van der Waals surface area contributed by atoms with Gasteiger partial charge in [-0.2, -0.15) is 0 Å². The van der Waals surface area contributed by atoms with Crippen LogP contribution in [0.2, 0.25) is 0 Å². The molecule has 0 saturated carbocycles. The van der Waals surface area contributed by atoms with Crippen molar-refractivity contribution in [2.45, 2.75) is 33.7 Å². The third-order valence-corrected chi connectivity index (χ3v) is 3.81. The fraction of sp³-hybridized carbons (Fsp3) is 0.643. The van der Waals surface area contributed by atoms with Crippen molar-refractivity contribution < 1.29 is 0 Å². The van der Waals surface area contributed by atoms with Crippen molar-refractivity contribution in [3.63, 3.8) is 0 Å². The molecule has 2 heterocycles. The summed E-state index contributed by atoms with van der Waals surface area (Å²) < 4.78 is 0. The first-order chi connectivity index (χ1) is 8.02. The molecule has 94 valence electrons. The maximum absolute atomic E-state index is 5.75. The average Bonchev–Trinajstić information content (AvgIpc) is 2.77. The van der Waals surface area contributed by atoms with Gasteiger partial charge in [0.2, 0.25) is 0 Å². The molecule has 3 heteroatoms. The second-order valence-corrected chi connectivity index (χ2v) is 5.97. The van der Waals surface area contributed by atoms with Crippen LogP contribution < -0.4 is 10.6 Å². The molecule has 1 aromatic heterocycles. The number of nitrogens with two attached hydrogens (primary N) is 1. The third kappa shape index (κ3) is 2.60. The van der Waals surface area contributed by atoms with Gasteiger partial charge in [0.05, 0.1) is 11.4 Å². The van der Waals surface area contributed by atoms with Gasteiger partial charge in [-0.3, -0.25) is 4.98 Å². The van der Waals surface area contributed by atoms with Crippen LogP contribution in [0.1, 0.15) is 32.9 Å². The lowest BCUT2D eigenvalue weighted by atomic mass is 9.80. The van der Waals surface area contributed by atoms with Gasteiger partial charge in [-0.25, -0.2) is 0 Å². The SMILES string of the molecule is CC(C)(C)C1CCN(c2cccnc2CN)C1. The molecule has 1 atom stereocenters. The molecule has 1 aliphatic rings. The number of rotatable bonds is 2. The number of hydrogen-bond donors (Lipinski definition) is 1. The molecule has 1 unspecified atom stereocenters. The molecule has 1 fully saturated rings. The number of anilines is 1. The molecule has 0 aliphatic carbocycles. The summed E-state index contributed by atoms with van der Waals surface area (Å²) in [7, 11) is 0. The topological polar surface area (TPSA) is 42.2 Å². The molecule has 0 spiro atoms. The number of aromatic nitrogens is 1. The summed E-state index contributed by atoms with van der Waals surface area (Å²) >= 11 is 0. The van der Waals surface area contributed by atoms with E-state index in [0.29, 0.717) is 12.0 Å². The number of pyridine rings is 1. The normalized spacial score (nSPS) is 20.9. The van der Waals surface area contributed by atoms with Gasteiger partial charge in [0, 0.05) is 25.8 Å². The first-order valence-corrected chi connectivity index (χ1v) is 6.41. The quantitative estimate of drug-likeness (QED) is 0.853. The summed E-state index contributed by atoms with van der Waals surface area (Å²) in [6.45, 7) is 9.76. The highest BCUT2D eigenvalue weighted by Gasteiger charge is 2.32. The van der Waals surface area contributed by atoms with Crippen LogP contribution in [0.3, 0.4) is 0 Å². The highest BCUT2D eigenvalue weighted by molar-refractivity contribution is 5.51. The predicted octanol–water partition coefficient (Wildman–Crippen LogP) is 2.41. The van der Waals surface area contributed by atoms with E-state index in [1.54, 1.807) is 0 Å². The predicted molar refractivity (Wildman–Crippen MR) is 71.9 cm³/mol. The smallest absolute Gasteiger partial charge is 0.0772 e. The second kappa shape index (κ2) is 4.65. The molecule has 3 nitrogen and oxygen atoms in total. The Labute approximate surface area is 104 Å². The minimum absolute atomic E-state index is 0.389. The molecule has 2 rings (SSSR count). The van der Waals surface area contributed by atoms with E-state index in [1.165, 1.54) is 12.1 Å². The molecular weight excluding hydrogens is 210 g/mol. The van der Waals surface area contributed by atoms with Gasteiger partial charge in [-0.15, -0.1) is 0 Å². The van der Waals surface area contributed by atoms with Crippen molar-refractivity contribution in [1.29, 1.82) is 0 Å². The number of nitrogens with zero attached hydrogens (tertiary/aromatic N) is 2. The van der Waals surface area contributed by atoms with Crippen molar-refractivity contribution in [3.05, 3.63) is 24.0 Å². The molecule has 1 aliphatic heterocycles. The molecule has 1 aromatic rings. The monoisotopic (exact) mass is 233 g/mol. The molecule has 0 radical (unpaired) electrons. The lowest BCUT2D eigenvalue weighted by Crippen LogP contribution is -2.26. The molecule has 0 bridgehead atoms. The fourth-order valence-corrected chi connectivity index (χ4v) is 2.56. The Morgan fingerprint density at radius 2 is 2.24 bits per heavy atom. The summed E-state index contributed by atoms with van der Waals surface area (Å²) in [4.78, 5) is 6.80. The Bertz CT molecular complexity index is 381. The summed E-state index contributed by atoms with van der Waals surface area (Å²) in [6.07, 6.45) is 3.09. The molecular formula is C14H23N3. The van der Waals surface area contributed by atoms with Crippen LogP contribution in [0, 0.1) is 11.3 Å². The van der Waals surface area contributed by atoms with Crippen LogP contribution in [0.4, 0.5) is 5.69 Å². The van der Waals surface area contributed by atoms with E-state index in [0.717, 1.165) is 24.7 Å². The van der Waals surface area contributed by atoms with E-state index in [1.807, 2.05) is 12.3 Å². The van der Waals surface area contributed by atoms with Crippen LogP contribution >= 0.6 is 0 Å². The Hall–Kier alpha value is -1.09.